The predicted molar refractivity (Wildman–Crippen MR) is 139 cm³/mol. The van der Waals surface area contributed by atoms with Crippen LogP contribution >= 0.6 is 0 Å². The van der Waals surface area contributed by atoms with Gasteiger partial charge in [-0.2, -0.15) is 0 Å². The van der Waals surface area contributed by atoms with E-state index < -0.39 is 12.2 Å². The molecule has 3 aliphatic rings. The molecule has 0 saturated carbocycles. The number of rotatable bonds is 3. The van der Waals surface area contributed by atoms with E-state index in [0.717, 1.165) is 49.4 Å². The number of amides is 1. The summed E-state index contributed by atoms with van der Waals surface area (Å²) >= 11 is 0. The summed E-state index contributed by atoms with van der Waals surface area (Å²) in [5, 5.41) is 2.95. The fourth-order valence-corrected chi connectivity index (χ4v) is 4.61. The Balaban J connectivity index is 0.000000179. The van der Waals surface area contributed by atoms with Crippen molar-refractivity contribution in [3.8, 4) is 11.8 Å². The van der Waals surface area contributed by atoms with E-state index >= 15 is 0 Å². The number of benzene rings is 2. The number of ether oxygens (including phenoxy) is 1. The molecule has 4 heterocycles. The highest BCUT2D eigenvalue weighted by Crippen LogP contribution is 2.28. The van der Waals surface area contributed by atoms with Gasteiger partial charge in [-0.1, -0.05) is 48.4 Å². The summed E-state index contributed by atoms with van der Waals surface area (Å²) in [7, 11) is 0. The van der Waals surface area contributed by atoms with Crippen LogP contribution in [0.2, 0.25) is 0 Å². The topological polar surface area (TPSA) is 54.5 Å². The van der Waals surface area contributed by atoms with Crippen molar-refractivity contribution < 1.29 is 13.9 Å². The zero-order valence-electron chi connectivity index (χ0n) is 20.8. The first-order chi connectivity index (χ1) is 17.5. The number of hydrogen-bond donors (Lipinski definition) is 1. The first-order valence-electron chi connectivity index (χ1n) is 12.4. The molecule has 2 bridgehead atoms. The van der Waals surface area contributed by atoms with Gasteiger partial charge < -0.3 is 15.0 Å². The fraction of sp³-hybridized carbons (Fsp3) is 0.333. The normalized spacial score (nSPS) is 20.7. The summed E-state index contributed by atoms with van der Waals surface area (Å²) in [6.07, 6.45) is 1.22. The van der Waals surface area contributed by atoms with Crippen LogP contribution in [-0.2, 0) is 4.74 Å². The predicted octanol–water partition coefficient (Wildman–Crippen LogP) is 5.50. The number of halogens is 1. The van der Waals surface area contributed by atoms with E-state index in [1.165, 1.54) is 6.07 Å². The maximum Gasteiger partial charge on any atom is 0.408 e. The highest BCUT2D eigenvalue weighted by molar-refractivity contribution is 5.68. The molecule has 0 aliphatic carbocycles. The summed E-state index contributed by atoms with van der Waals surface area (Å²) in [6, 6.07) is 22.3. The smallest absolute Gasteiger partial charge is 0.408 e. The lowest BCUT2D eigenvalue weighted by molar-refractivity contribution is 0.0563. The van der Waals surface area contributed by atoms with Crippen molar-refractivity contribution in [3.05, 3.63) is 101 Å². The number of pyridine rings is 1. The fourth-order valence-electron chi connectivity index (χ4n) is 4.61. The zero-order chi connectivity index (χ0) is 25.3. The van der Waals surface area contributed by atoms with Gasteiger partial charge in [-0.05, 0) is 81.9 Å². The summed E-state index contributed by atoms with van der Waals surface area (Å²) in [5.74, 6) is 6.32. The van der Waals surface area contributed by atoms with Gasteiger partial charge in [0.05, 0.1) is 0 Å². The summed E-state index contributed by atoms with van der Waals surface area (Å²) in [4.78, 5) is 18.7. The molecule has 1 N–H and O–H groups in total. The Labute approximate surface area is 212 Å². The van der Waals surface area contributed by atoms with Crippen molar-refractivity contribution in [2.45, 2.75) is 38.8 Å². The van der Waals surface area contributed by atoms with Crippen LogP contribution in [0.5, 0.6) is 0 Å². The average Bonchev–Trinajstić information content (AvgIpc) is 2.89. The molecule has 186 valence electrons. The van der Waals surface area contributed by atoms with Crippen LogP contribution in [0.4, 0.5) is 9.18 Å². The Morgan fingerprint density at radius 1 is 1.03 bits per heavy atom. The summed E-state index contributed by atoms with van der Waals surface area (Å²) in [5.41, 5.74) is 3.23. The number of fused-ring (bicyclic) bond motifs is 3. The van der Waals surface area contributed by atoms with Crippen molar-refractivity contribution in [2.75, 3.05) is 19.6 Å². The number of aromatic nitrogens is 1. The van der Waals surface area contributed by atoms with E-state index in [1.807, 2.05) is 55.5 Å². The number of nitrogens with zero attached hydrogens (tertiary/aromatic N) is 2. The van der Waals surface area contributed by atoms with Crippen LogP contribution in [0, 0.1) is 30.5 Å². The van der Waals surface area contributed by atoms with Crippen molar-refractivity contribution in [1.82, 2.24) is 15.2 Å². The zero-order valence-corrected chi connectivity index (χ0v) is 20.8. The second-order valence-electron chi connectivity index (χ2n) is 9.24. The summed E-state index contributed by atoms with van der Waals surface area (Å²) < 4.78 is 19.0. The standard InChI is InChI=1S/C16H21FN2O2.C14H11N/c1-11(13-4-2-3-5-14(13)17)21-16(20)18-15-10-19-8-6-12(15)7-9-19;1-12-6-5-9-14(15-12)11-10-13-7-3-2-4-8-13/h2-5,11-12,15H,6-10H2,1H3,(H,18,20);2-9H,1H3/t11-,15+;/m0./s1. The third kappa shape index (κ3) is 7.16. The quantitative estimate of drug-likeness (QED) is 0.498. The molecule has 2 aromatic carbocycles. The van der Waals surface area contributed by atoms with Crippen LogP contribution in [0.25, 0.3) is 0 Å². The molecule has 3 aromatic rings. The molecule has 0 spiro atoms. The third-order valence-corrected chi connectivity index (χ3v) is 6.58. The van der Waals surface area contributed by atoms with E-state index in [2.05, 4.69) is 27.0 Å². The first-order valence-corrected chi connectivity index (χ1v) is 12.4. The number of carbonyl (C=O) groups is 1. The Morgan fingerprint density at radius 3 is 2.42 bits per heavy atom. The highest BCUT2D eigenvalue weighted by atomic mass is 19.1. The van der Waals surface area contributed by atoms with Gasteiger partial charge in [0.1, 0.15) is 17.6 Å². The Bertz CT molecular complexity index is 1210. The van der Waals surface area contributed by atoms with Gasteiger partial charge in [0, 0.05) is 29.4 Å². The van der Waals surface area contributed by atoms with Crippen LogP contribution in [-0.4, -0.2) is 41.7 Å². The largest absolute Gasteiger partial charge is 0.442 e. The van der Waals surface area contributed by atoms with Crippen molar-refractivity contribution >= 4 is 6.09 Å². The van der Waals surface area contributed by atoms with Gasteiger partial charge in [0.2, 0.25) is 0 Å². The molecule has 6 heteroatoms. The highest BCUT2D eigenvalue weighted by Gasteiger charge is 2.35. The molecular formula is C30H32FN3O2. The van der Waals surface area contributed by atoms with Crippen LogP contribution in [0.3, 0.4) is 0 Å². The molecule has 1 amide bonds. The maximum atomic E-state index is 13.7. The van der Waals surface area contributed by atoms with E-state index in [-0.39, 0.29) is 11.9 Å². The van der Waals surface area contributed by atoms with E-state index in [0.29, 0.717) is 11.5 Å². The van der Waals surface area contributed by atoms with Crippen LogP contribution < -0.4 is 5.32 Å². The van der Waals surface area contributed by atoms with E-state index in [4.69, 9.17) is 4.74 Å². The number of aryl methyl sites for hydroxylation is 1. The minimum absolute atomic E-state index is 0.160. The molecule has 1 aromatic heterocycles. The molecule has 3 saturated heterocycles. The summed E-state index contributed by atoms with van der Waals surface area (Å²) in [6.45, 7) is 6.81. The van der Waals surface area contributed by atoms with Gasteiger partial charge in [-0.15, -0.1) is 0 Å². The Kier molecular flexibility index (Phi) is 8.70. The van der Waals surface area contributed by atoms with Crippen molar-refractivity contribution in [1.29, 1.82) is 0 Å². The Hall–Kier alpha value is -3.69. The van der Waals surface area contributed by atoms with Crippen molar-refractivity contribution in [2.24, 2.45) is 5.92 Å². The number of piperidine rings is 3. The minimum atomic E-state index is -0.590. The second-order valence-corrected chi connectivity index (χ2v) is 9.24. The monoisotopic (exact) mass is 485 g/mol. The van der Waals surface area contributed by atoms with Gasteiger partial charge >= 0.3 is 6.09 Å². The lowest BCUT2D eigenvalue weighted by Gasteiger charge is -2.44. The molecule has 2 atom stereocenters. The third-order valence-electron chi connectivity index (χ3n) is 6.58. The van der Waals surface area contributed by atoms with Gasteiger partial charge in [0.25, 0.3) is 0 Å². The van der Waals surface area contributed by atoms with E-state index in [1.54, 1.807) is 25.1 Å². The number of nitrogens with one attached hydrogen (secondary N) is 1. The number of carbonyl (C=O) groups excluding carboxylic acids is 1. The molecule has 0 unspecified atom stereocenters. The van der Waals surface area contributed by atoms with Gasteiger partial charge in [0.15, 0.2) is 0 Å². The molecule has 3 fully saturated rings. The molecule has 6 rings (SSSR count). The number of alkyl carbamates (subject to hydrolysis) is 1. The molecule has 3 aliphatic heterocycles. The first kappa shape index (κ1) is 25.4. The lowest BCUT2D eigenvalue weighted by Crippen LogP contribution is -2.57. The molecular weight excluding hydrogens is 453 g/mol. The molecule has 36 heavy (non-hydrogen) atoms. The van der Waals surface area contributed by atoms with Crippen LogP contribution in [0.1, 0.15) is 48.4 Å². The van der Waals surface area contributed by atoms with Gasteiger partial charge in [-0.25, -0.2) is 14.2 Å². The average molecular weight is 486 g/mol. The molecule has 5 nitrogen and oxygen atoms in total. The van der Waals surface area contributed by atoms with E-state index in [9.17, 15) is 9.18 Å². The van der Waals surface area contributed by atoms with Gasteiger partial charge in [-0.3, -0.25) is 0 Å². The minimum Gasteiger partial charge on any atom is -0.442 e. The van der Waals surface area contributed by atoms with Crippen molar-refractivity contribution in [3.63, 3.8) is 0 Å². The lowest BCUT2D eigenvalue weighted by atomic mass is 9.84. The molecule has 0 radical (unpaired) electrons. The Morgan fingerprint density at radius 2 is 1.75 bits per heavy atom. The number of hydrogen-bond acceptors (Lipinski definition) is 4. The van der Waals surface area contributed by atoms with Crippen LogP contribution in [0.15, 0.2) is 72.8 Å². The second kappa shape index (κ2) is 12.3. The maximum absolute atomic E-state index is 13.7. The SMILES string of the molecule is C[C@H](OC(=O)N[C@@H]1CN2CCC1CC2)c1ccccc1F.Cc1cccc(C#Cc2ccccc2)n1.